The van der Waals surface area contributed by atoms with Gasteiger partial charge in [0.2, 0.25) is 0 Å². The van der Waals surface area contributed by atoms with Crippen LogP contribution in [0.2, 0.25) is 0 Å². The zero-order valence-electron chi connectivity index (χ0n) is 10.1. The number of aliphatic hydroxyl groups is 1. The molecule has 14 heavy (non-hydrogen) atoms. The number of hydrogen-bond acceptors (Lipinski definition) is 3. The van der Waals surface area contributed by atoms with E-state index in [1.165, 1.54) is 0 Å². The van der Waals surface area contributed by atoms with Crippen LogP contribution in [-0.4, -0.2) is 49.3 Å². The number of likely N-dealkylation sites (N-methyl/N-ethyl adjacent to an activating group) is 1. The minimum Gasteiger partial charge on any atom is -0.394 e. The molecule has 0 aromatic rings. The van der Waals surface area contributed by atoms with Crippen LogP contribution in [0, 0.1) is 0 Å². The Morgan fingerprint density at radius 1 is 1.36 bits per heavy atom. The maximum Gasteiger partial charge on any atom is 0.0613 e. The lowest BCUT2D eigenvalue weighted by Crippen LogP contribution is -2.46. The van der Waals surface area contributed by atoms with E-state index in [0.717, 1.165) is 32.4 Å². The van der Waals surface area contributed by atoms with Crippen molar-refractivity contribution in [2.24, 2.45) is 0 Å². The largest absolute Gasteiger partial charge is 0.394 e. The highest BCUT2D eigenvalue weighted by Gasteiger charge is 2.24. The molecule has 0 saturated heterocycles. The Bertz CT molecular complexity index is 127. The third-order valence-electron chi connectivity index (χ3n) is 3.24. The van der Waals surface area contributed by atoms with Crippen LogP contribution in [0.1, 0.15) is 33.1 Å². The Morgan fingerprint density at radius 3 is 2.36 bits per heavy atom. The molecule has 0 saturated carbocycles. The molecule has 0 aliphatic rings. The van der Waals surface area contributed by atoms with Gasteiger partial charge < -0.3 is 15.3 Å². The van der Waals surface area contributed by atoms with Crippen molar-refractivity contribution in [2.75, 3.05) is 33.8 Å². The van der Waals surface area contributed by atoms with Crippen molar-refractivity contribution in [3.05, 3.63) is 0 Å². The molecule has 0 spiro atoms. The van der Waals surface area contributed by atoms with Crippen molar-refractivity contribution in [3.63, 3.8) is 0 Å². The van der Waals surface area contributed by atoms with Gasteiger partial charge in [0.15, 0.2) is 0 Å². The number of nitrogens with one attached hydrogen (secondary N) is 1. The first-order chi connectivity index (χ1) is 6.64. The highest BCUT2D eigenvalue weighted by Crippen LogP contribution is 2.16. The van der Waals surface area contributed by atoms with E-state index in [4.69, 9.17) is 0 Å². The van der Waals surface area contributed by atoms with Gasteiger partial charge in [-0.2, -0.15) is 0 Å². The summed E-state index contributed by atoms with van der Waals surface area (Å²) in [6, 6.07) is 0. The van der Waals surface area contributed by atoms with E-state index in [2.05, 4.69) is 31.1 Å². The van der Waals surface area contributed by atoms with E-state index >= 15 is 0 Å². The monoisotopic (exact) mass is 202 g/mol. The van der Waals surface area contributed by atoms with Gasteiger partial charge in [0.1, 0.15) is 0 Å². The molecule has 0 aliphatic heterocycles. The molecule has 0 aromatic carbocycles. The molecule has 3 nitrogen and oxygen atoms in total. The summed E-state index contributed by atoms with van der Waals surface area (Å²) < 4.78 is 0. The maximum absolute atomic E-state index is 9.32. The van der Waals surface area contributed by atoms with Crippen molar-refractivity contribution < 1.29 is 5.11 Å². The zero-order valence-corrected chi connectivity index (χ0v) is 10.1. The fourth-order valence-corrected chi connectivity index (χ4v) is 1.59. The SMILES string of the molecule is CCN(C)CCCC(CC)(CO)NC. The van der Waals surface area contributed by atoms with E-state index in [9.17, 15) is 5.11 Å². The van der Waals surface area contributed by atoms with Gasteiger partial charge in [-0.15, -0.1) is 0 Å². The summed E-state index contributed by atoms with van der Waals surface area (Å²) in [5.74, 6) is 0. The maximum atomic E-state index is 9.32. The zero-order chi connectivity index (χ0) is 11.0. The molecule has 0 heterocycles. The fraction of sp³-hybridized carbons (Fsp3) is 1.00. The van der Waals surface area contributed by atoms with Gasteiger partial charge in [-0.1, -0.05) is 13.8 Å². The summed E-state index contributed by atoms with van der Waals surface area (Å²) >= 11 is 0. The second-order valence-electron chi connectivity index (χ2n) is 4.04. The highest BCUT2D eigenvalue weighted by atomic mass is 16.3. The first kappa shape index (κ1) is 13.9. The summed E-state index contributed by atoms with van der Waals surface area (Å²) in [6.07, 6.45) is 3.16. The van der Waals surface area contributed by atoms with Crippen LogP contribution in [0.25, 0.3) is 0 Å². The topological polar surface area (TPSA) is 35.5 Å². The lowest BCUT2D eigenvalue weighted by Gasteiger charge is -2.31. The highest BCUT2D eigenvalue weighted by molar-refractivity contribution is 4.84. The molecule has 1 unspecified atom stereocenters. The lowest BCUT2D eigenvalue weighted by atomic mass is 9.91. The van der Waals surface area contributed by atoms with E-state index in [0.29, 0.717) is 0 Å². The summed E-state index contributed by atoms with van der Waals surface area (Å²) in [7, 11) is 4.06. The third kappa shape index (κ3) is 4.40. The van der Waals surface area contributed by atoms with Crippen LogP contribution in [0.3, 0.4) is 0 Å². The van der Waals surface area contributed by atoms with Gasteiger partial charge >= 0.3 is 0 Å². The fourth-order valence-electron chi connectivity index (χ4n) is 1.59. The molecule has 2 N–H and O–H groups in total. The minimum atomic E-state index is -0.0609. The van der Waals surface area contributed by atoms with Gasteiger partial charge in [0, 0.05) is 5.54 Å². The molecule has 0 amide bonds. The molecular weight excluding hydrogens is 176 g/mol. The Labute approximate surface area is 88.5 Å². The Kier molecular flexibility index (Phi) is 7.15. The Hall–Kier alpha value is -0.120. The standard InChI is InChI=1S/C11H26N2O/c1-5-11(10-14,12-3)8-7-9-13(4)6-2/h12,14H,5-10H2,1-4H3. The summed E-state index contributed by atoms with van der Waals surface area (Å²) in [6.45, 7) is 6.72. The molecule has 0 radical (unpaired) electrons. The molecule has 0 rings (SSSR count). The second-order valence-corrected chi connectivity index (χ2v) is 4.04. The third-order valence-corrected chi connectivity index (χ3v) is 3.24. The van der Waals surface area contributed by atoms with Crippen LogP contribution < -0.4 is 5.32 Å². The lowest BCUT2D eigenvalue weighted by molar-refractivity contribution is 0.148. The number of aliphatic hydroxyl groups excluding tert-OH is 1. The van der Waals surface area contributed by atoms with Crippen LogP contribution in [0.5, 0.6) is 0 Å². The van der Waals surface area contributed by atoms with Crippen LogP contribution in [0.15, 0.2) is 0 Å². The summed E-state index contributed by atoms with van der Waals surface area (Å²) in [5.41, 5.74) is -0.0609. The van der Waals surface area contributed by atoms with Gasteiger partial charge in [0.05, 0.1) is 6.61 Å². The van der Waals surface area contributed by atoms with E-state index in [1.807, 2.05) is 7.05 Å². The first-order valence-electron chi connectivity index (χ1n) is 5.62. The number of nitrogens with zero attached hydrogens (tertiary/aromatic N) is 1. The molecule has 1 atom stereocenters. The van der Waals surface area contributed by atoms with Crippen molar-refractivity contribution in [3.8, 4) is 0 Å². The molecule has 0 aliphatic carbocycles. The van der Waals surface area contributed by atoms with Gasteiger partial charge in [-0.3, -0.25) is 0 Å². The quantitative estimate of drug-likeness (QED) is 0.618. The smallest absolute Gasteiger partial charge is 0.0613 e. The van der Waals surface area contributed by atoms with Crippen LogP contribution in [0.4, 0.5) is 0 Å². The van der Waals surface area contributed by atoms with Crippen LogP contribution >= 0.6 is 0 Å². The van der Waals surface area contributed by atoms with Gasteiger partial charge in [0.25, 0.3) is 0 Å². The van der Waals surface area contributed by atoms with E-state index in [-0.39, 0.29) is 12.1 Å². The number of rotatable bonds is 8. The van der Waals surface area contributed by atoms with E-state index in [1.54, 1.807) is 0 Å². The molecule has 3 heteroatoms. The summed E-state index contributed by atoms with van der Waals surface area (Å²) in [4.78, 5) is 2.30. The second kappa shape index (κ2) is 7.21. The predicted molar refractivity (Wildman–Crippen MR) is 61.6 cm³/mol. The normalized spacial score (nSPS) is 15.9. The average molecular weight is 202 g/mol. The Morgan fingerprint density at radius 2 is 2.00 bits per heavy atom. The average Bonchev–Trinajstić information content (AvgIpc) is 2.25. The predicted octanol–water partition coefficient (Wildman–Crippen LogP) is 1.08. The molecule has 0 bridgehead atoms. The molecule has 86 valence electrons. The summed E-state index contributed by atoms with van der Waals surface area (Å²) in [5, 5.41) is 12.6. The molecule has 0 fully saturated rings. The van der Waals surface area contributed by atoms with Crippen LogP contribution in [-0.2, 0) is 0 Å². The van der Waals surface area contributed by atoms with Crippen molar-refractivity contribution in [2.45, 2.75) is 38.6 Å². The van der Waals surface area contributed by atoms with Crippen molar-refractivity contribution >= 4 is 0 Å². The van der Waals surface area contributed by atoms with Crippen molar-refractivity contribution in [1.82, 2.24) is 10.2 Å². The molecular formula is C11H26N2O. The van der Waals surface area contributed by atoms with E-state index < -0.39 is 0 Å². The number of hydrogen-bond donors (Lipinski definition) is 2. The van der Waals surface area contributed by atoms with Gasteiger partial charge in [-0.25, -0.2) is 0 Å². The van der Waals surface area contributed by atoms with Gasteiger partial charge in [-0.05, 0) is 46.4 Å². The Balaban J connectivity index is 3.82. The van der Waals surface area contributed by atoms with Crippen molar-refractivity contribution in [1.29, 1.82) is 0 Å². The minimum absolute atomic E-state index is 0.0609. The first-order valence-corrected chi connectivity index (χ1v) is 5.62. The molecule has 0 aromatic heterocycles.